The first kappa shape index (κ1) is 24.1. The van der Waals surface area contributed by atoms with E-state index in [0.29, 0.717) is 5.56 Å². The van der Waals surface area contributed by atoms with Crippen LogP contribution in [0.5, 0.6) is 0 Å². The molecule has 0 amide bonds. The monoisotopic (exact) mass is 507 g/mol. The number of rotatable bonds is 5. The van der Waals surface area contributed by atoms with Crippen molar-refractivity contribution >= 4 is 33.5 Å². The summed E-state index contributed by atoms with van der Waals surface area (Å²) in [5.74, 6) is -1.01. The van der Waals surface area contributed by atoms with E-state index in [1.165, 1.54) is 18.2 Å². The summed E-state index contributed by atoms with van der Waals surface area (Å²) in [6, 6.07) is 13.4. The molecule has 2 N–H and O–H groups in total. The number of carboxylic acid groups (broad SMARTS) is 1. The highest BCUT2D eigenvalue weighted by Crippen LogP contribution is 2.37. The Morgan fingerprint density at radius 2 is 1.86 bits per heavy atom. The molecule has 0 bridgehead atoms. The first-order chi connectivity index (χ1) is 17.5. The lowest BCUT2D eigenvalue weighted by Crippen LogP contribution is -2.15. The van der Waals surface area contributed by atoms with Crippen molar-refractivity contribution in [3.63, 3.8) is 0 Å². The van der Waals surface area contributed by atoms with Crippen molar-refractivity contribution in [1.29, 1.82) is 0 Å². The predicted molar refractivity (Wildman–Crippen MR) is 133 cm³/mol. The van der Waals surface area contributed by atoms with Gasteiger partial charge in [0.25, 0.3) is 0 Å². The fourth-order valence-corrected chi connectivity index (χ4v) is 4.34. The van der Waals surface area contributed by atoms with Crippen molar-refractivity contribution in [3.8, 4) is 11.3 Å². The Hall–Kier alpha value is -4.60. The fourth-order valence-electron chi connectivity index (χ4n) is 4.34. The van der Waals surface area contributed by atoms with E-state index in [4.69, 9.17) is 4.42 Å². The van der Waals surface area contributed by atoms with Crippen LogP contribution >= 0.6 is 0 Å². The van der Waals surface area contributed by atoms with Crippen LogP contribution < -0.4 is 10.7 Å². The van der Waals surface area contributed by atoms with Crippen LogP contribution in [0.1, 0.15) is 34.5 Å². The van der Waals surface area contributed by atoms with Gasteiger partial charge in [0.05, 0.1) is 34.3 Å². The highest BCUT2D eigenvalue weighted by molar-refractivity contribution is 5.94. The maximum Gasteiger partial charge on any atom is 0.416 e. The van der Waals surface area contributed by atoms with Crippen LogP contribution in [0.3, 0.4) is 0 Å². The molecule has 0 spiro atoms. The number of halogens is 3. The number of aromatic nitrogens is 2. The van der Waals surface area contributed by atoms with E-state index >= 15 is 0 Å². The van der Waals surface area contributed by atoms with Crippen molar-refractivity contribution in [2.24, 2.45) is 7.05 Å². The number of hydrogen-bond donors (Lipinski definition) is 2. The van der Waals surface area contributed by atoms with E-state index in [1.807, 2.05) is 6.07 Å². The number of alkyl halides is 3. The molecule has 0 saturated heterocycles. The Kier molecular flexibility index (Phi) is 5.74. The van der Waals surface area contributed by atoms with Gasteiger partial charge in [-0.1, -0.05) is 12.1 Å². The normalized spacial score (nSPS) is 12.7. The maximum atomic E-state index is 13.7. The molecule has 0 aliphatic carbocycles. The number of fused-ring (bicyclic) bond motifs is 2. The van der Waals surface area contributed by atoms with Crippen molar-refractivity contribution < 1.29 is 27.5 Å². The number of hydrogen-bond acceptors (Lipinski definition) is 5. The lowest BCUT2D eigenvalue weighted by atomic mass is 9.99. The highest BCUT2D eigenvalue weighted by atomic mass is 19.4. The first-order valence-corrected chi connectivity index (χ1v) is 11.2. The van der Waals surface area contributed by atoms with Crippen molar-refractivity contribution in [2.75, 3.05) is 5.32 Å². The van der Waals surface area contributed by atoms with Gasteiger partial charge in [-0.05, 0) is 49.4 Å². The smallest absolute Gasteiger partial charge is 0.416 e. The molecule has 2 aromatic heterocycles. The number of para-hydroxylation sites is 1. The quantitative estimate of drug-likeness (QED) is 0.292. The highest BCUT2D eigenvalue weighted by Gasteiger charge is 2.33. The third-order valence-electron chi connectivity index (χ3n) is 6.21. The third-order valence-corrected chi connectivity index (χ3v) is 6.21. The molecule has 3 aromatic carbocycles. The van der Waals surface area contributed by atoms with Crippen LogP contribution in [-0.2, 0) is 13.2 Å². The van der Waals surface area contributed by atoms with Gasteiger partial charge in [0, 0.05) is 35.3 Å². The van der Waals surface area contributed by atoms with Gasteiger partial charge in [0.15, 0.2) is 5.43 Å². The zero-order valence-electron chi connectivity index (χ0n) is 19.6. The first-order valence-electron chi connectivity index (χ1n) is 11.2. The van der Waals surface area contributed by atoms with Gasteiger partial charge >= 0.3 is 12.1 Å². The minimum Gasteiger partial charge on any atom is -0.478 e. The second-order valence-corrected chi connectivity index (χ2v) is 8.67. The summed E-state index contributed by atoms with van der Waals surface area (Å²) in [6.45, 7) is 1.57. The summed E-state index contributed by atoms with van der Waals surface area (Å²) >= 11 is 0. The molecule has 5 aromatic rings. The second kappa shape index (κ2) is 8.81. The van der Waals surface area contributed by atoms with E-state index in [1.54, 1.807) is 49.1 Å². The lowest BCUT2D eigenvalue weighted by Gasteiger charge is -2.20. The van der Waals surface area contributed by atoms with Gasteiger partial charge < -0.3 is 14.8 Å². The Morgan fingerprint density at radius 1 is 1.11 bits per heavy atom. The standard InChI is InChI=1S/C27H20F3N3O4/c1-14(32-21-6-4-3-5-18(21)26(35)36)19-10-17(27(28,29)30)11-20-23(34)12-24(37-25(19)20)15-7-8-22-16(9-15)13-31-33(22)2/h3-14,32H,1-2H3,(H,35,36). The molecule has 0 fully saturated rings. The molecule has 7 nitrogen and oxygen atoms in total. The van der Waals surface area contributed by atoms with E-state index in [-0.39, 0.29) is 33.5 Å². The molecule has 1 atom stereocenters. The molecule has 0 aliphatic rings. The summed E-state index contributed by atoms with van der Waals surface area (Å²) in [6.07, 6.45) is -3.05. The van der Waals surface area contributed by atoms with Crippen LogP contribution in [0, 0.1) is 0 Å². The lowest BCUT2D eigenvalue weighted by molar-refractivity contribution is -0.137. The van der Waals surface area contributed by atoms with Crippen molar-refractivity contribution in [3.05, 3.63) is 93.8 Å². The average molecular weight is 507 g/mol. The molecule has 188 valence electrons. The number of nitrogens with one attached hydrogen (secondary N) is 1. The number of anilines is 1. The predicted octanol–water partition coefficient (Wildman–Crippen LogP) is 6.24. The van der Waals surface area contributed by atoms with Crippen LogP contribution in [0.15, 0.2) is 76.1 Å². The minimum absolute atomic E-state index is 0.0189. The molecule has 1 unspecified atom stereocenters. The number of carbonyl (C=O) groups is 1. The topological polar surface area (TPSA) is 97.4 Å². The number of nitrogens with zero attached hydrogens (tertiary/aromatic N) is 2. The number of aromatic carboxylic acids is 1. The van der Waals surface area contributed by atoms with Crippen molar-refractivity contribution in [2.45, 2.75) is 19.1 Å². The van der Waals surface area contributed by atoms with E-state index in [2.05, 4.69) is 10.4 Å². The van der Waals surface area contributed by atoms with E-state index in [9.17, 15) is 27.9 Å². The van der Waals surface area contributed by atoms with Gasteiger partial charge in [-0.15, -0.1) is 0 Å². The summed E-state index contributed by atoms with van der Waals surface area (Å²) in [4.78, 5) is 24.7. The third kappa shape index (κ3) is 4.42. The number of aryl methyl sites for hydroxylation is 1. The average Bonchev–Trinajstić information content (AvgIpc) is 3.23. The van der Waals surface area contributed by atoms with E-state index < -0.39 is 29.2 Å². The van der Waals surface area contributed by atoms with Crippen LogP contribution in [-0.4, -0.2) is 20.9 Å². The zero-order valence-corrected chi connectivity index (χ0v) is 19.6. The molecular formula is C27H20F3N3O4. The van der Waals surface area contributed by atoms with Gasteiger partial charge in [-0.2, -0.15) is 18.3 Å². The van der Waals surface area contributed by atoms with Gasteiger partial charge in [-0.3, -0.25) is 9.48 Å². The summed E-state index contributed by atoms with van der Waals surface area (Å²) in [7, 11) is 1.79. The fraction of sp³-hybridized carbons (Fsp3) is 0.148. The Bertz CT molecular complexity index is 1740. The van der Waals surface area contributed by atoms with E-state index in [0.717, 1.165) is 23.0 Å². The molecule has 0 aliphatic heterocycles. The van der Waals surface area contributed by atoms with Crippen LogP contribution in [0.2, 0.25) is 0 Å². The second-order valence-electron chi connectivity index (χ2n) is 8.67. The summed E-state index contributed by atoms with van der Waals surface area (Å²) < 4.78 is 49.0. The Balaban J connectivity index is 1.69. The number of carboxylic acids is 1. The molecular weight excluding hydrogens is 487 g/mol. The molecule has 0 radical (unpaired) electrons. The minimum atomic E-state index is -4.71. The summed E-state index contributed by atoms with van der Waals surface area (Å²) in [5.41, 5.74) is -0.00772. The Labute approximate surface area is 207 Å². The molecule has 37 heavy (non-hydrogen) atoms. The van der Waals surface area contributed by atoms with Gasteiger partial charge in [-0.25, -0.2) is 4.79 Å². The summed E-state index contributed by atoms with van der Waals surface area (Å²) in [5, 5.41) is 17.2. The molecule has 2 heterocycles. The Morgan fingerprint density at radius 3 is 2.59 bits per heavy atom. The largest absolute Gasteiger partial charge is 0.478 e. The van der Waals surface area contributed by atoms with Gasteiger partial charge in [0.1, 0.15) is 11.3 Å². The van der Waals surface area contributed by atoms with Crippen LogP contribution in [0.25, 0.3) is 33.2 Å². The van der Waals surface area contributed by atoms with Crippen LogP contribution in [0.4, 0.5) is 18.9 Å². The van der Waals surface area contributed by atoms with Gasteiger partial charge in [0.2, 0.25) is 0 Å². The van der Waals surface area contributed by atoms with Crippen molar-refractivity contribution in [1.82, 2.24) is 9.78 Å². The maximum absolute atomic E-state index is 13.7. The SMILES string of the molecule is CC(Nc1ccccc1C(=O)O)c1cc(C(F)(F)F)cc2c(=O)cc(-c3ccc4c(cnn4C)c3)oc12. The number of benzene rings is 3. The zero-order chi connectivity index (χ0) is 26.5. The molecule has 0 saturated carbocycles. The molecule has 10 heteroatoms. The molecule has 5 rings (SSSR count).